The largest absolute Gasteiger partial charge is 0.393 e. The molecule has 1 aromatic carbocycles. The fraction of sp³-hybridized carbons (Fsp3) is 0.118. The Morgan fingerprint density at radius 1 is 1.15 bits per heavy atom. The molecule has 0 fully saturated rings. The Balaban J connectivity index is 1.57. The van der Waals surface area contributed by atoms with Gasteiger partial charge in [-0.2, -0.15) is 0 Å². The summed E-state index contributed by atoms with van der Waals surface area (Å²) in [5.41, 5.74) is 11.8. The SMILES string of the molecule is Nc1c(NCCc2cccs2)ncnc1NNC(=O)c1ccc(F)cc1. The lowest BCUT2D eigenvalue weighted by atomic mass is 10.2. The van der Waals surface area contributed by atoms with Crippen molar-refractivity contribution in [2.45, 2.75) is 6.42 Å². The van der Waals surface area contributed by atoms with Crippen molar-refractivity contribution in [3.05, 3.63) is 64.4 Å². The molecule has 0 aliphatic rings. The Hall–Kier alpha value is -3.20. The van der Waals surface area contributed by atoms with E-state index in [-0.39, 0.29) is 11.5 Å². The molecule has 1 amide bonds. The lowest BCUT2D eigenvalue weighted by Gasteiger charge is -2.13. The summed E-state index contributed by atoms with van der Waals surface area (Å²) in [5.74, 6) is -0.0905. The van der Waals surface area contributed by atoms with Crippen LogP contribution < -0.4 is 21.9 Å². The highest BCUT2D eigenvalue weighted by molar-refractivity contribution is 7.09. The van der Waals surface area contributed by atoms with Crippen LogP contribution in [0.15, 0.2) is 48.1 Å². The summed E-state index contributed by atoms with van der Waals surface area (Å²) >= 11 is 1.69. The summed E-state index contributed by atoms with van der Waals surface area (Å²) in [6, 6.07) is 9.26. The normalized spacial score (nSPS) is 10.3. The fourth-order valence-corrected chi connectivity index (χ4v) is 2.89. The number of halogens is 1. The summed E-state index contributed by atoms with van der Waals surface area (Å²) < 4.78 is 12.9. The van der Waals surface area contributed by atoms with Crippen LogP contribution in [0.3, 0.4) is 0 Å². The minimum absolute atomic E-state index is 0.272. The van der Waals surface area contributed by atoms with Crippen LogP contribution >= 0.6 is 11.3 Å². The van der Waals surface area contributed by atoms with Crippen LogP contribution in [-0.4, -0.2) is 22.4 Å². The van der Waals surface area contributed by atoms with Gasteiger partial charge in [0.15, 0.2) is 11.6 Å². The van der Waals surface area contributed by atoms with Gasteiger partial charge in [-0.25, -0.2) is 14.4 Å². The number of rotatable bonds is 7. The molecule has 0 unspecified atom stereocenters. The number of carbonyl (C=O) groups excluding carboxylic acids is 1. The second-order valence-electron chi connectivity index (χ2n) is 5.33. The second-order valence-corrected chi connectivity index (χ2v) is 6.36. The third-order valence-electron chi connectivity index (χ3n) is 3.53. The van der Waals surface area contributed by atoms with Crippen LogP contribution in [0, 0.1) is 5.82 Å². The number of amides is 1. The van der Waals surface area contributed by atoms with E-state index >= 15 is 0 Å². The standard InChI is InChI=1S/C17H17FN6OS/c18-12-5-3-11(4-6-12)17(25)24-23-16-14(19)15(21-10-22-16)20-8-7-13-2-1-9-26-13/h1-6,9-10H,7-8,19H2,(H,24,25)(H2,20,21,22,23). The summed E-state index contributed by atoms with van der Waals surface area (Å²) in [5, 5.41) is 5.18. The number of hydrazine groups is 1. The van der Waals surface area contributed by atoms with Gasteiger partial charge in [-0.1, -0.05) is 6.07 Å². The Morgan fingerprint density at radius 2 is 1.92 bits per heavy atom. The van der Waals surface area contributed by atoms with Crippen molar-refractivity contribution in [1.82, 2.24) is 15.4 Å². The Kier molecular flexibility index (Phi) is 5.59. The zero-order chi connectivity index (χ0) is 18.4. The Morgan fingerprint density at radius 3 is 2.65 bits per heavy atom. The number of nitrogens with one attached hydrogen (secondary N) is 3. The van der Waals surface area contributed by atoms with E-state index in [0.717, 1.165) is 6.42 Å². The maximum atomic E-state index is 12.9. The first kappa shape index (κ1) is 17.6. The number of nitrogen functional groups attached to an aromatic ring is 1. The average Bonchev–Trinajstić information content (AvgIpc) is 3.16. The zero-order valence-electron chi connectivity index (χ0n) is 13.7. The maximum absolute atomic E-state index is 12.9. The van der Waals surface area contributed by atoms with Gasteiger partial charge in [0, 0.05) is 17.0 Å². The lowest BCUT2D eigenvalue weighted by Crippen LogP contribution is -2.30. The van der Waals surface area contributed by atoms with E-state index in [1.54, 1.807) is 11.3 Å². The van der Waals surface area contributed by atoms with Crippen molar-refractivity contribution in [3.8, 4) is 0 Å². The number of hydrogen-bond donors (Lipinski definition) is 4. The van der Waals surface area contributed by atoms with E-state index in [4.69, 9.17) is 5.73 Å². The van der Waals surface area contributed by atoms with Gasteiger partial charge in [-0.05, 0) is 42.1 Å². The molecule has 0 saturated heterocycles. The molecule has 9 heteroatoms. The molecule has 0 radical (unpaired) electrons. The number of nitrogens with zero attached hydrogens (tertiary/aromatic N) is 2. The quantitative estimate of drug-likeness (QED) is 0.475. The van der Waals surface area contributed by atoms with Crippen LogP contribution in [-0.2, 0) is 6.42 Å². The van der Waals surface area contributed by atoms with Crippen molar-refractivity contribution in [3.63, 3.8) is 0 Å². The number of nitrogens with two attached hydrogens (primary N) is 1. The topological polar surface area (TPSA) is 105 Å². The number of carbonyl (C=O) groups is 1. The first-order valence-corrected chi connectivity index (χ1v) is 8.70. The van der Waals surface area contributed by atoms with Gasteiger partial charge in [0.1, 0.15) is 17.8 Å². The molecule has 0 aliphatic heterocycles. The molecule has 0 spiro atoms. The molecular formula is C17H17FN6OS. The number of aromatic nitrogens is 2. The van der Waals surface area contributed by atoms with E-state index in [1.165, 1.54) is 35.5 Å². The first-order valence-electron chi connectivity index (χ1n) is 7.82. The van der Waals surface area contributed by atoms with E-state index in [1.807, 2.05) is 11.4 Å². The summed E-state index contributed by atoms with van der Waals surface area (Å²) in [7, 11) is 0. The summed E-state index contributed by atoms with van der Waals surface area (Å²) in [6.45, 7) is 0.670. The zero-order valence-corrected chi connectivity index (χ0v) is 14.5. The van der Waals surface area contributed by atoms with Gasteiger partial charge < -0.3 is 11.1 Å². The number of hydrogen-bond acceptors (Lipinski definition) is 7. The Labute approximate surface area is 153 Å². The van der Waals surface area contributed by atoms with E-state index in [0.29, 0.717) is 17.9 Å². The van der Waals surface area contributed by atoms with E-state index < -0.39 is 11.7 Å². The average molecular weight is 372 g/mol. The second kappa shape index (κ2) is 8.26. The van der Waals surface area contributed by atoms with Crippen LogP contribution in [0.2, 0.25) is 0 Å². The summed E-state index contributed by atoms with van der Waals surface area (Å²) in [6.07, 6.45) is 2.20. The van der Waals surface area contributed by atoms with Gasteiger partial charge >= 0.3 is 0 Å². The van der Waals surface area contributed by atoms with Crippen LogP contribution in [0.25, 0.3) is 0 Å². The third kappa shape index (κ3) is 4.45. The molecule has 3 aromatic rings. The van der Waals surface area contributed by atoms with Crippen LogP contribution in [0.4, 0.5) is 21.7 Å². The van der Waals surface area contributed by atoms with Crippen molar-refractivity contribution in [2.75, 3.05) is 23.0 Å². The van der Waals surface area contributed by atoms with Crippen molar-refractivity contribution < 1.29 is 9.18 Å². The van der Waals surface area contributed by atoms with Gasteiger partial charge in [0.25, 0.3) is 5.91 Å². The minimum atomic E-state index is -0.435. The summed E-state index contributed by atoms with van der Waals surface area (Å²) in [4.78, 5) is 21.4. The molecule has 26 heavy (non-hydrogen) atoms. The van der Waals surface area contributed by atoms with Gasteiger partial charge in [-0.3, -0.25) is 15.6 Å². The predicted octanol–water partition coefficient (Wildman–Crippen LogP) is 2.67. The molecule has 2 heterocycles. The predicted molar refractivity (Wildman–Crippen MR) is 100 cm³/mol. The number of benzene rings is 1. The van der Waals surface area contributed by atoms with Crippen molar-refractivity contribution in [1.29, 1.82) is 0 Å². The third-order valence-corrected chi connectivity index (χ3v) is 4.46. The molecular weight excluding hydrogens is 355 g/mol. The van der Waals surface area contributed by atoms with Crippen LogP contribution in [0.1, 0.15) is 15.2 Å². The molecule has 0 atom stereocenters. The van der Waals surface area contributed by atoms with Gasteiger partial charge in [0.05, 0.1) is 0 Å². The number of thiophene rings is 1. The molecule has 0 bridgehead atoms. The van der Waals surface area contributed by atoms with Crippen LogP contribution in [0.5, 0.6) is 0 Å². The van der Waals surface area contributed by atoms with Crippen molar-refractivity contribution in [2.24, 2.45) is 0 Å². The smallest absolute Gasteiger partial charge is 0.269 e. The van der Waals surface area contributed by atoms with Crippen molar-refractivity contribution >= 4 is 34.6 Å². The Bertz CT molecular complexity index is 869. The molecule has 5 N–H and O–H groups in total. The molecule has 7 nitrogen and oxygen atoms in total. The highest BCUT2D eigenvalue weighted by atomic mass is 32.1. The first-order chi connectivity index (χ1) is 12.6. The van der Waals surface area contributed by atoms with E-state index in [9.17, 15) is 9.18 Å². The highest BCUT2D eigenvalue weighted by Crippen LogP contribution is 2.22. The minimum Gasteiger partial charge on any atom is -0.393 e. The van der Waals surface area contributed by atoms with E-state index in [2.05, 4.69) is 32.2 Å². The molecule has 3 rings (SSSR count). The molecule has 0 saturated carbocycles. The van der Waals surface area contributed by atoms with Gasteiger partial charge in [0.2, 0.25) is 0 Å². The number of anilines is 3. The molecule has 134 valence electrons. The molecule has 0 aliphatic carbocycles. The maximum Gasteiger partial charge on any atom is 0.269 e. The lowest BCUT2D eigenvalue weighted by molar-refractivity contribution is 0.0962. The van der Waals surface area contributed by atoms with Gasteiger partial charge in [-0.15, -0.1) is 11.3 Å². The fourth-order valence-electron chi connectivity index (χ4n) is 2.18. The highest BCUT2D eigenvalue weighted by Gasteiger charge is 2.10. The monoisotopic (exact) mass is 372 g/mol. The molecule has 2 aromatic heterocycles.